The van der Waals surface area contributed by atoms with Crippen molar-refractivity contribution in [2.75, 3.05) is 12.8 Å². The summed E-state index contributed by atoms with van der Waals surface area (Å²) in [4.78, 5) is 0. The van der Waals surface area contributed by atoms with E-state index in [9.17, 15) is 0 Å². The second-order valence-corrected chi connectivity index (χ2v) is 4.64. The molecule has 0 saturated heterocycles. The predicted octanol–water partition coefficient (Wildman–Crippen LogP) is 3.98. The number of rotatable bonds is 1. The molecule has 0 saturated carbocycles. The number of hydrogen-bond donors (Lipinski definition) is 1. The Balaban J connectivity index is 2.46. The molecule has 0 aliphatic rings. The quantitative estimate of drug-likeness (QED) is 0.637. The molecular formula is C15H11Cl2NO. The molecule has 0 heterocycles. The largest absolute Gasteiger partial charge is 0.494 e. The van der Waals surface area contributed by atoms with E-state index in [0.29, 0.717) is 27.0 Å². The molecule has 0 aromatic heterocycles. The Kier molecular flexibility index (Phi) is 4.21. The van der Waals surface area contributed by atoms with Crippen molar-refractivity contribution in [2.24, 2.45) is 0 Å². The Hall–Kier alpha value is -1.82. The summed E-state index contributed by atoms with van der Waals surface area (Å²) >= 11 is 12.0. The molecular weight excluding hydrogens is 281 g/mol. The van der Waals surface area contributed by atoms with Crippen molar-refractivity contribution < 1.29 is 4.74 Å². The summed E-state index contributed by atoms with van der Waals surface area (Å²) in [6, 6.07) is 10.7. The van der Waals surface area contributed by atoms with E-state index in [1.165, 1.54) is 7.11 Å². The van der Waals surface area contributed by atoms with Crippen molar-refractivity contribution in [2.45, 2.75) is 0 Å². The number of nitrogens with two attached hydrogens (primary N) is 1. The van der Waals surface area contributed by atoms with Crippen LogP contribution in [0.4, 0.5) is 5.69 Å². The van der Waals surface area contributed by atoms with Crippen molar-refractivity contribution in [1.29, 1.82) is 0 Å². The lowest BCUT2D eigenvalue weighted by Crippen LogP contribution is -1.95. The third kappa shape index (κ3) is 3.14. The summed E-state index contributed by atoms with van der Waals surface area (Å²) in [6.45, 7) is 0. The van der Waals surface area contributed by atoms with Crippen LogP contribution in [0.5, 0.6) is 5.75 Å². The van der Waals surface area contributed by atoms with Gasteiger partial charge in [0.1, 0.15) is 5.75 Å². The zero-order chi connectivity index (χ0) is 13.8. The highest BCUT2D eigenvalue weighted by molar-refractivity contribution is 6.31. The van der Waals surface area contributed by atoms with E-state index in [-0.39, 0.29) is 0 Å². The summed E-state index contributed by atoms with van der Waals surface area (Å²) in [7, 11) is 1.54. The van der Waals surface area contributed by atoms with Crippen molar-refractivity contribution in [3.8, 4) is 17.6 Å². The average molecular weight is 292 g/mol. The monoisotopic (exact) mass is 291 g/mol. The van der Waals surface area contributed by atoms with E-state index >= 15 is 0 Å². The van der Waals surface area contributed by atoms with Gasteiger partial charge in [0, 0.05) is 16.7 Å². The van der Waals surface area contributed by atoms with Crippen LogP contribution in [0, 0.1) is 11.8 Å². The molecule has 2 aromatic carbocycles. The number of nitrogen functional groups attached to an aromatic ring is 1. The van der Waals surface area contributed by atoms with E-state index in [1.54, 1.807) is 18.2 Å². The molecule has 0 spiro atoms. The van der Waals surface area contributed by atoms with Gasteiger partial charge in [0.2, 0.25) is 0 Å². The third-order valence-electron chi connectivity index (χ3n) is 2.53. The highest BCUT2D eigenvalue weighted by Gasteiger charge is 2.06. The van der Waals surface area contributed by atoms with Gasteiger partial charge in [-0.1, -0.05) is 47.2 Å². The minimum Gasteiger partial charge on any atom is -0.494 e. The van der Waals surface area contributed by atoms with Crippen LogP contribution < -0.4 is 10.5 Å². The number of halogens is 2. The molecule has 2 nitrogen and oxygen atoms in total. The molecule has 0 aliphatic carbocycles. The normalized spacial score (nSPS) is 9.63. The fourth-order valence-electron chi connectivity index (χ4n) is 1.56. The number of hydrogen-bond acceptors (Lipinski definition) is 2. The lowest BCUT2D eigenvalue weighted by molar-refractivity contribution is 0.417. The van der Waals surface area contributed by atoms with Gasteiger partial charge in [-0.3, -0.25) is 0 Å². The van der Waals surface area contributed by atoms with Gasteiger partial charge >= 0.3 is 0 Å². The first-order valence-corrected chi connectivity index (χ1v) is 6.27. The van der Waals surface area contributed by atoms with Gasteiger partial charge < -0.3 is 10.5 Å². The Bertz CT molecular complexity index is 672. The first kappa shape index (κ1) is 13.6. The van der Waals surface area contributed by atoms with Crippen LogP contribution in [0.25, 0.3) is 0 Å². The van der Waals surface area contributed by atoms with Crippen LogP contribution in [0.15, 0.2) is 36.4 Å². The predicted molar refractivity (Wildman–Crippen MR) is 79.8 cm³/mol. The van der Waals surface area contributed by atoms with E-state index in [4.69, 9.17) is 33.7 Å². The van der Waals surface area contributed by atoms with Crippen molar-refractivity contribution in [3.05, 3.63) is 57.6 Å². The first-order chi connectivity index (χ1) is 9.11. The lowest BCUT2D eigenvalue weighted by Gasteiger charge is -2.06. The van der Waals surface area contributed by atoms with Crippen molar-refractivity contribution in [1.82, 2.24) is 0 Å². The Morgan fingerprint density at radius 2 is 1.74 bits per heavy atom. The topological polar surface area (TPSA) is 35.2 Å². The van der Waals surface area contributed by atoms with Gasteiger partial charge in [-0.25, -0.2) is 0 Å². The maximum absolute atomic E-state index is 6.04. The summed E-state index contributed by atoms with van der Waals surface area (Å²) in [5.74, 6) is 6.44. The van der Waals surface area contributed by atoms with Crippen LogP contribution >= 0.6 is 23.2 Å². The van der Waals surface area contributed by atoms with Crippen LogP contribution in [-0.4, -0.2) is 7.11 Å². The molecule has 4 heteroatoms. The minimum absolute atomic E-state index is 0.464. The maximum atomic E-state index is 6.04. The molecule has 0 bridgehead atoms. The first-order valence-electron chi connectivity index (χ1n) is 5.51. The van der Waals surface area contributed by atoms with Crippen molar-refractivity contribution in [3.63, 3.8) is 0 Å². The molecule has 0 radical (unpaired) electrons. The molecule has 2 rings (SSSR count). The second kappa shape index (κ2) is 5.88. The molecule has 19 heavy (non-hydrogen) atoms. The smallest absolute Gasteiger partial charge is 0.144 e. The molecule has 0 amide bonds. The summed E-state index contributed by atoms with van der Waals surface area (Å²) in [5, 5.41) is 1.12. The Morgan fingerprint density at radius 3 is 2.42 bits per heavy atom. The highest BCUT2D eigenvalue weighted by Crippen LogP contribution is 2.29. The number of benzene rings is 2. The Labute approximate surface area is 122 Å². The minimum atomic E-state index is 0.464. The van der Waals surface area contributed by atoms with Crippen molar-refractivity contribution >= 4 is 28.9 Å². The van der Waals surface area contributed by atoms with Crippen LogP contribution in [0.3, 0.4) is 0 Å². The second-order valence-electron chi connectivity index (χ2n) is 3.80. The van der Waals surface area contributed by atoms with E-state index in [1.807, 2.05) is 18.2 Å². The number of anilines is 1. The summed E-state index contributed by atoms with van der Waals surface area (Å²) in [5.41, 5.74) is 7.76. The number of ether oxygens (including phenoxy) is 1. The van der Waals surface area contributed by atoms with Gasteiger partial charge in [-0.2, -0.15) is 0 Å². The van der Waals surface area contributed by atoms with E-state index < -0.39 is 0 Å². The zero-order valence-electron chi connectivity index (χ0n) is 10.2. The summed E-state index contributed by atoms with van der Waals surface area (Å²) in [6.07, 6.45) is 0. The highest BCUT2D eigenvalue weighted by atomic mass is 35.5. The molecule has 0 atom stereocenters. The Morgan fingerprint density at radius 1 is 1.05 bits per heavy atom. The van der Waals surface area contributed by atoms with Gasteiger partial charge in [-0.05, 0) is 18.2 Å². The fourth-order valence-corrected chi connectivity index (χ4v) is 1.95. The van der Waals surface area contributed by atoms with Gasteiger partial charge in [-0.15, -0.1) is 0 Å². The summed E-state index contributed by atoms with van der Waals surface area (Å²) < 4.78 is 5.14. The zero-order valence-corrected chi connectivity index (χ0v) is 11.7. The van der Waals surface area contributed by atoms with Crippen LogP contribution in [0.2, 0.25) is 10.0 Å². The SMILES string of the molecule is COc1cc(Cl)cc(C#Cc2ccccc2Cl)c1N. The van der Waals surface area contributed by atoms with E-state index in [2.05, 4.69) is 11.8 Å². The van der Waals surface area contributed by atoms with Crippen LogP contribution in [-0.2, 0) is 0 Å². The molecule has 96 valence electrons. The standard InChI is InChI=1S/C15H11Cl2NO/c1-19-14-9-12(16)8-11(15(14)18)7-6-10-4-2-3-5-13(10)17/h2-5,8-9H,18H2,1H3. The fraction of sp³-hybridized carbons (Fsp3) is 0.0667. The molecule has 2 aromatic rings. The average Bonchev–Trinajstić information content (AvgIpc) is 2.41. The van der Waals surface area contributed by atoms with Crippen LogP contribution in [0.1, 0.15) is 11.1 Å². The maximum Gasteiger partial charge on any atom is 0.144 e. The molecule has 0 aliphatic heterocycles. The molecule has 0 unspecified atom stereocenters. The van der Waals surface area contributed by atoms with Gasteiger partial charge in [0.25, 0.3) is 0 Å². The van der Waals surface area contributed by atoms with Gasteiger partial charge in [0.15, 0.2) is 0 Å². The third-order valence-corrected chi connectivity index (χ3v) is 3.08. The number of methoxy groups -OCH3 is 1. The molecule has 2 N–H and O–H groups in total. The molecule has 0 fully saturated rings. The van der Waals surface area contributed by atoms with Gasteiger partial charge in [0.05, 0.1) is 23.4 Å². The van der Waals surface area contributed by atoms with E-state index in [0.717, 1.165) is 5.56 Å². The lowest BCUT2D eigenvalue weighted by atomic mass is 10.1.